The van der Waals surface area contributed by atoms with Gasteiger partial charge in [-0.2, -0.15) is 0 Å². The maximum atomic E-state index is 6.16. The topological polar surface area (TPSA) is 37.4 Å². The standard InChI is InChI=1S/C13H20ClN3O/c1-3-15-7-11-6-13(16-8-12(11)14)17-4-5-18-9-10(17)2/h6,8,10,15H,3-5,7,9H2,1-2H3. The van der Waals surface area contributed by atoms with Crippen LogP contribution in [0, 0.1) is 0 Å². The molecule has 0 spiro atoms. The number of anilines is 1. The van der Waals surface area contributed by atoms with Crippen molar-refractivity contribution >= 4 is 17.4 Å². The van der Waals surface area contributed by atoms with Crippen LogP contribution in [-0.4, -0.2) is 37.3 Å². The summed E-state index contributed by atoms with van der Waals surface area (Å²) in [5, 5.41) is 4.01. The van der Waals surface area contributed by atoms with Gasteiger partial charge < -0.3 is 15.0 Å². The van der Waals surface area contributed by atoms with Crippen molar-refractivity contribution in [2.45, 2.75) is 26.4 Å². The number of nitrogens with one attached hydrogen (secondary N) is 1. The van der Waals surface area contributed by atoms with Crippen LogP contribution in [0.5, 0.6) is 0 Å². The van der Waals surface area contributed by atoms with E-state index in [9.17, 15) is 0 Å². The lowest BCUT2D eigenvalue weighted by Crippen LogP contribution is -2.44. The highest BCUT2D eigenvalue weighted by molar-refractivity contribution is 6.31. The number of hydrogen-bond acceptors (Lipinski definition) is 4. The molecule has 1 atom stereocenters. The zero-order valence-corrected chi connectivity index (χ0v) is 11.7. The highest BCUT2D eigenvalue weighted by atomic mass is 35.5. The summed E-state index contributed by atoms with van der Waals surface area (Å²) in [6.07, 6.45) is 1.74. The molecule has 1 saturated heterocycles. The number of pyridine rings is 1. The first kappa shape index (κ1) is 13.6. The maximum Gasteiger partial charge on any atom is 0.129 e. The smallest absolute Gasteiger partial charge is 0.129 e. The van der Waals surface area contributed by atoms with Crippen molar-refractivity contribution in [2.24, 2.45) is 0 Å². The number of morpholine rings is 1. The molecule has 1 aromatic heterocycles. The number of nitrogens with zero attached hydrogens (tertiary/aromatic N) is 2. The number of hydrogen-bond donors (Lipinski definition) is 1. The van der Waals surface area contributed by atoms with E-state index in [1.165, 1.54) is 0 Å². The summed E-state index contributed by atoms with van der Waals surface area (Å²) in [6.45, 7) is 8.35. The molecule has 4 nitrogen and oxygen atoms in total. The molecule has 0 amide bonds. The van der Waals surface area contributed by atoms with Gasteiger partial charge in [0.25, 0.3) is 0 Å². The molecule has 18 heavy (non-hydrogen) atoms. The first-order valence-corrected chi connectivity index (χ1v) is 6.79. The second-order valence-corrected chi connectivity index (χ2v) is 4.94. The van der Waals surface area contributed by atoms with E-state index in [2.05, 4.69) is 35.1 Å². The van der Waals surface area contributed by atoms with Crippen molar-refractivity contribution in [1.82, 2.24) is 10.3 Å². The van der Waals surface area contributed by atoms with Crippen molar-refractivity contribution in [1.29, 1.82) is 0 Å². The van der Waals surface area contributed by atoms with Crippen molar-refractivity contribution in [3.8, 4) is 0 Å². The van der Waals surface area contributed by atoms with Gasteiger partial charge in [-0.1, -0.05) is 18.5 Å². The van der Waals surface area contributed by atoms with E-state index in [1.54, 1.807) is 6.20 Å². The van der Waals surface area contributed by atoms with E-state index in [-0.39, 0.29) is 0 Å². The Morgan fingerprint density at radius 2 is 2.44 bits per heavy atom. The zero-order chi connectivity index (χ0) is 13.0. The molecule has 0 radical (unpaired) electrons. The highest BCUT2D eigenvalue weighted by Crippen LogP contribution is 2.23. The number of ether oxygens (including phenoxy) is 1. The van der Waals surface area contributed by atoms with Gasteiger partial charge in [-0.3, -0.25) is 0 Å². The Labute approximate surface area is 113 Å². The van der Waals surface area contributed by atoms with Crippen LogP contribution in [0.3, 0.4) is 0 Å². The van der Waals surface area contributed by atoms with Crippen LogP contribution in [-0.2, 0) is 11.3 Å². The van der Waals surface area contributed by atoms with E-state index in [1.807, 2.05) is 0 Å². The monoisotopic (exact) mass is 269 g/mol. The Kier molecular flexibility index (Phi) is 4.80. The van der Waals surface area contributed by atoms with Gasteiger partial charge in [0, 0.05) is 19.3 Å². The average Bonchev–Trinajstić information content (AvgIpc) is 2.39. The van der Waals surface area contributed by atoms with Crippen molar-refractivity contribution in [2.75, 3.05) is 31.2 Å². The van der Waals surface area contributed by atoms with Crippen LogP contribution in [0.2, 0.25) is 5.02 Å². The quantitative estimate of drug-likeness (QED) is 0.908. The third-order valence-electron chi connectivity index (χ3n) is 3.15. The average molecular weight is 270 g/mol. The van der Waals surface area contributed by atoms with Crippen molar-refractivity contribution in [3.05, 3.63) is 22.8 Å². The Bertz CT molecular complexity index is 400. The fraction of sp³-hybridized carbons (Fsp3) is 0.615. The van der Waals surface area contributed by atoms with Crippen LogP contribution >= 0.6 is 11.6 Å². The lowest BCUT2D eigenvalue weighted by Gasteiger charge is -2.34. The molecule has 0 aromatic carbocycles. The molecule has 0 aliphatic carbocycles. The highest BCUT2D eigenvalue weighted by Gasteiger charge is 2.20. The van der Waals surface area contributed by atoms with Crippen LogP contribution in [0.1, 0.15) is 19.4 Å². The SMILES string of the molecule is CCNCc1cc(N2CCOCC2C)ncc1Cl. The summed E-state index contributed by atoms with van der Waals surface area (Å²) < 4.78 is 5.44. The fourth-order valence-corrected chi connectivity index (χ4v) is 2.26. The number of aromatic nitrogens is 1. The Morgan fingerprint density at radius 1 is 1.61 bits per heavy atom. The minimum Gasteiger partial charge on any atom is -0.377 e. The number of rotatable bonds is 4. The van der Waals surface area contributed by atoms with Gasteiger partial charge in [0.2, 0.25) is 0 Å². The second kappa shape index (κ2) is 6.36. The van der Waals surface area contributed by atoms with Gasteiger partial charge in [0.1, 0.15) is 5.82 Å². The molecule has 2 heterocycles. The van der Waals surface area contributed by atoms with Gasteiger partial charge in [-0.05, 0) is 25.1 Å². The predicted octanol–water partition coefficient (Wildman–Crippen LogP) is 2.07. The molecule has 1 fully saturated rings. The summed E-state index contributed by atoms with van der Waals surface area (Å²) in [6, 6.07) is 2.44. The van der Waals surface area contributed by atoms with Crippen LogP contribution in [0.25, 0.3) is 0 Å². The Hall–Kier alpha value is -0.840. The molecule has 1 aliphatic rings. The van der Waals surface area contributed by atoms with Crippen molar-refractivity contribution in [3.63, 3.8) is 0 Å². The molecular weight excluding hydrogens is 250 g/mol. The Morgan fingerprint density at radius 3 is 3.17 bits per heavy atom. The fourth-order valence-electron chi connectivity index (χ4n) is 2.09. The summed E-state index contributed by atoms with van der Waals surface area (Å²) in [4.78, 5) is 6.70. The molecule has 1 N–H and O–H groups in total. The normalized spacial score (nSPS) is 20.2. The van der Waals surface area contributed by atoms with Gasteiger partial charge >= 0.3 is 0 Å². The largest absolute Gasteiger partial charge is 0.377 e. The molecule has 100 valence electrons. The van der Waals surface area contributed by atoms with Crippen LogP contribution in [0.4, 0.5) is 5.82 Å². The first-order valence-electron chi connectivity index (χ1n) is 6.42. The van der Waals surface area contributed by atoms with Crippen molar-refractivity contribution < 1.29 is 4.74 Å². The molecule has 1 unspecified atom stereocenters. The molecule has 0 bridgehead atoms. The molecular formula is C13H20ClN3O. The van der Waals surface area contributed by atoms with Gasteiger partial charge in [-0.25, -0.2) is 4.98 Å². The summed E-state index contributed by atoms with van der Waals surface area (Å²) in [5.41, 5.74) is 1.10. The molecule has 0 saturated carbocycles. The second-order valence-electron chi connectivity index (χ2n) is 4.53. The lowest BCUT2D eigenvalue weighted by atomic mass is 10.2. The summed E-state index contributed by atoms with van der Waals surface area (Å²) in [5.74, 6) is 0.989. The zero-order valence-electron chi connectivity index (χ0n) is 10.9. The minimum absolute atomic E-state index is 0.361. The third kappa shape index (κ3) is 3.13. The van der Waals surface area contributed by atoms with Gasteiger partial charge in [-0.15, -0.1) is 0 Å². The first-order chi connectivity index (χ1) is 8.72. The predicted molar refractivity (Wildman–Crippen MR) is 74.3 cm³/mol. The van der Waals surface area contributed by atoms with E-state index < -0.39 is 0 Å². The van der Waals surface area contributed by atoms with E-state index in [4.69, 9.17) is 16.3 Å². The van der Waals surface area contributed by atoms with Crippen LogP contribution < -0.4 is 10.2 Å². The Balaban J connectivity index is 2.17. The van der Waals surface area contributed by atoms with E-state index in [0.29, 0.717) is 6.04 Å². The minimum atomic E-state index is 0.361. The molecule has 1 aromatic rings. The van der Waals surface area contributed by atoms with Gasteiger partial charge in [0.15, 0.2) is 0 Å². The van der Waals surface area contributed by atoms with Gasteiger partial charge in [0.05, 0.1) is 24.3 Å². The van der Waals surface area contributed by atoms with E-state index >= 15 is 0 Å². The van der Waals surface area contributed by atoms with Crippen LogP contribution in [0.15, 0.2) is 12.3 Å². The molecule has 2 rings (SSSR count). The third-order valence-corrected chi connectivity index (χ3v) is 3.49. The molecule has 1 aliphatic heterocycles. The lowest BCUT2D eigenvalue weighted by molar-refractivity contribution is 0.0985. The number of halogens is 1. The summed E-state index contributed by atoms with van der Waals surface area (Å²) in [7, 11) is 0. The summed E-state index contributed by atoms with van der Waals surface area (Å²) >= 11 is 6.16. The molecule has 5 heteroatoms. The van der Waals surface area contributed by atoms with E-state index in [0.717, 1.165) is 49.3 Å². The maximum absolute atomic E-state index is 6.16.